The minimum absolute atomic E-state index is 0.149. The van der Waals surface area contributed by atoms with E-state index in [1.807, 2.05) is 42.1 Å². The van der Waals surface area contributed by atoms with Crippen LogP contribution in [0.2, 0.25) is 0 Å². The van der Waals surface area contributed by atoms with Crippen LogP contribution in [0.3, 0.4) is 0 Å². The number of aromatic nitrogens is 2. The van der Waals surface area contributed by atoms with Crippen molar-refractivity contribution in [3.63, 3.8) is 0 Å². The summed E-state index contributed by atoms with van der Waals surface area (Å²) in [5.74, 6) is 1.24. The van der Waals surface area contributed by atoms with Crippen LogP contribution < -0.4 is 5.73 Å². The first-order valence-electron chi connectivity index (χ1n) is 6.10. The van der Waals surface area contributed by atoms with Gasteiger partial charge in [-0.05, 0) is 24.2 Å². The summed E-state index contributed by atoms with van der Waals surface area (Å²) in [5.41, 5.74) is 7.33. The third-order valence-electron chi connectivity index (χ3n) is 3.09. The largest absolute Gasteiger partial charge is 0.318 e. The number of benzene rings is 1. The molecule has 0 amide bonds. The molecule has 2 atom stereocenters. The summed E-state index contributed by atoms with van der Waals surface area (Å²) < 4.78 is 0. The van der Waals surface area contributed by atoms with E-state index in [0.29, 0.717) is 5.25 Å². The van der Waals surface area contributed by atoms with Gasteiger partial charge in [-0.25, -0.2) is 0 Å². The third kappa shape index (κ3) is 2.43. The van der Waals surface area contributed by atoms with Crippen molar-refractivity contribution in [2.24, 2.45) is 5.73 Å². The van der Waals surface area contributed by atoms with E-state index in [2.05, 4.69) is 10.2 Å². The van der Waals surface area contributed by atoms with E-state index in [9.17, 15) is 0 Å². The highest BCUT2D eigenvalue weighted by Crippen LogP contribution is 2.41. The highest BCUT2D eigenvalue weighted by molar-refractivity contribution is 7.99. The molecule has 1 fully saturated rings. The van der Waals surface area contributed by atoms with Crippen molar-refractivity contribution in [1.29, 1.82) is 0 Å². The Labute approximate surface area is 115 Å². The van der Waals surface area contributed by atoms with E-state index >= 15 is 0 Å². The van der Waals surface area contributed by atoms with Crippen molar-refractivity contribution in [3.05, 3.63) is 45.9 Å². The van der Waals surface area contributed by atoms with Crippen LogP contribution in [0.1, 0.15) is 39.7 Å². The molecular weight excluding hydrogens is 262 g/mol. The first-order valence-corrected chi connectivity index (χ1v) is 7.96. The molecule has 1 aliphatic heterocycles. The lowest BCUT2D eigenvalue weighted by Crippen LogP contribution is -2.11. The van der Waals surface area contributed by atoms with Gasteiger partial charge in [-0.3, -0.25) is 0 Å². The van der Waals surface area contributed by atoms with E-state index in [4.69, 9.17) is 5.73 Å². The molecule has 0 aliphatic carbocycles. The molecule has 18 heavy (non-hydrogen) atoms. The van der Waals surface area contributed by atoms with Gasteiger partial charge in [-0.15, -0.1) is 10.2 Å². The van der Waals surface area contributed by atoms with Crippen molar-refractivity contribution in [3.8, 4) is 0 Å². The van der Waals surface area contributed by atoms with E-state index < -0.39 is 0 Å². The van der Waals surface area contributed by atoms with Crippen molar-refractivity contribution in [2.75, 3.05) is 5.75 Å². The van der Waals surface area contributed by atoms with Crippen LogP contribution in [-0.4, -0.2) is 16.0 Å². The number of rotatable bonds is 3. The van der Waals surface area contributed by atoms with E-state index in [-0.39, 0.29) is 6.04 Å². The summed E-state index contributed by atoms with van der Waals surface area (Å²) in [6.07, 6.45) is 2.51. The topological polar surface area (TPSA) is 51.8 Å². The zero-order chi connectivity index (χ0) is 12.4. The van der Waals surface area contributed by atoms with Crippen molar-refractivity contribution >= 4 is 23.1 Å². The van der Waals surface area contributed by atoms with Gasteiger partial charge < -0.3 is 5.73 Å². The second kappa shape index (κ2) is 5.38. The van der Waals surface area contributed by atoms with Crippen LogP contribution in [0.15, 0.2) is 30.3 Å². The number of hydrogen-bond donors (Lipinski definition) is 1. The molecule has 5 heteroatoms. The monoisotopic (exact) mass is 277 g/mol. The van der Waals surface area contributed by atoms with Gasteiger partial charge in [0, 0.05) is 0 Å². The summed E-state index contributed by atoms with van der Waals surface area (Å²) >= 11 is 3.65. The highest BCUT2D eigenvalue weighted by Gasteiger charge is 2.23. The predicted molar refractivity (Wildman–Crippen MR) is 76.8 cm³/mol. The summed E-state index contributed by atoms with van der Waals surface area (Å²) in [6, 6.07) is 9.93. The maximum atomic E-state index is 6.23. The fraction of sp³-hybridized carbons (Fsp3) is 0.385. The molecule has 3 rings (SSSR count). The van der Waals surface area contributed by atoms with Gasteiger partial charge in [0.15, 0.2) is 0 Å². The van der Waals surface area contributed by atoms with E-state index in [1.54, 1.807) is 11.3 Å². The quantitative estimate of drug-likeness (QED) is 0.936. The van der Waals surface area contributed by atoms with Crippen molar-refractivity contribution < 1.29 is 0 Å². The predicted octanol–water partition coefficient (Wildman–Crippen LogP) is 3.15. The Morgan fingerprint density at radius 3 is 2.78 bits per heavy atom. The zero-order valence-corrected chi connectivity index (χ0v) is 11.6. The Bertz CT molecular complexity index is 506. The molecule has 0 radical (unpaired) electrons. The Balaban J connectivity index is 1.80. The molecule has 2 aromatic rings. The normalized spacial score (nSPS) is 21.1. The zero-order valence-electron chi connectivity index (χ0n) is 9.95. The maximum absolute atomic E-state index is 6.23. The fourth-order valence-electron chi connectivity index (χ4n) is 2.08. The van der Waals surface area contributed by atoms with Crippen LogP contribution in [-0.2, 0) is 0 Å². The number of nitrogens with zero attached hydrogens (tertiary/aromatic N) is 2. The van der Waals surface area contributed by atoms with Crippen LogP contribution in [0.5, 0.6) is 0 Å². The number of thioether (sulfide) groups is 1. The third-order valence-corrected chi connectivity index (χ3v) is 5.74. The molecule has 1 aromatic heterocycles. The van der Waals surface area contributed by atoms with Crippen molar-refractivity contribution in [2.45, 2.75) is 24.1 Å². The molecule has 94 valence electrons. The maximum Gasteiger partial charge on any atom is 0.138 e. The molecule has 1 saturated heterocycles. The molecule has 0 spiro atoms. The summed E-state index contributed by atoms with van der Waals surface area (Å²) in [6.45, 7) is 0. The second-order valence-electron chi connectivity index (χ2n) is 4.37. The van der Waals surface area contributed by atoms with Crippen LogP contribution in [0.4, 0.5) is 0 Å². The highest BCUT2D eigenvalue weighted by atomic mass is 32.2. The smallest absolute Gasteiger partial charge is 0.138 e. The Kier molecular flexibility index (Phi) is 3.63. The minimum atomic E-state index is -0.149. The summed E-state index contributed by atoms with van der Waals surface area (Å²) in [4.78, 5) is 0. The van der Waals surface area contributed by atoms with E-state index in [0.717, 1.165) is 15.6 Å². The van der Waals surface area contributed by atoms with Gasteiger partial charge in [0.1, 0.15) is 10.0 Å². The molecule has 1 aliphatic rings. The SMILES string of the molecule is NC(c1ccccc1)c1nnc(C2CCCS2)s1. The first kappa shape index (κ1) is 12.1. The molecule has 0 bridgehead atoms. The summed E-state index contributed by atoms with van der Waals surface area (Å²) in [7, 11) is 0. The lowest BCUT2D eigenvalue weighted by atomic mass is 10.1. The average molecular weight is 277 g/mol. The van der Waals surface area contributed by atoms with Gasteiger partial charge in [-0.2, -0.15) is 11.8 Å². The van der Waals surface area contributed by atoms with Gasteiger partial charge in [0.05, 0.1) is 11.3 Å². The molecule has 0 saturated carbocycles. The molecule has 3 nitrogen and oxygen atoms in total. The van der Waals surface area contributed by atoms with Gasteiger partial charge in [-0.1, -0.05) is 41.7 Å². The Hall–Kier alpha value is -0.910. The molecule has 2 unspecified atom stereocenters. The van der Waals surface area contributed by atoms with Gasteiger partial charge in [0.25, 0.3) is 0 Å². The molecule has 2 heterocycles. The second-order valence-corrected chi connectivity index (χ2v) is 6.72. The minimum Gasteiger partial charge on any atom is -0.318 e. The lowest BCUT2D eigenvalue weighted by Gasteiger charge is -2.07. The van der Waals surface area contributed by atoms with Crippen LogP contribution in [0, 0.1) is 0 Å². The molecule has 1 aromatic carbocycles. The number of nitrogens with two attached hydrogens (primary N) is 1. The van der Waals surface area contributed by atoms with E-state index in [1.165, 1.54) is 18.6 Å². The van der Waals surface area contributed by atoms with Crippen LogP contribution >= 0.6 is 23.1 Å². The average Bonchev–Trinajstić information content (AvgIpc) is 3.09. The Morgan fingerprint density at radius 1 is 1.22 bits per heavy atom. The Morgan fingerprint density at radius 2 is 2.06 bits per heavy atom. The lowest BCUT2D eigenvalue weighted by molar-refractivity contribution is 0.791. The van der Waals surface area contributed by atoms with Crippen molar-refractivity contribution in [1.82, 2.24) is 10.2 Å². The van der Waals surface area contributed by atoms with Crippen LogP contribution in [0.25, 0.3) is 0 Å². The first-order chi connectivity index (χ1) is 8.84. The standard InChI is InChI=1S/C13H15N3S2/c14-11(9-5-2-1-3-6-9)13-16-15-12(18-13)10-7-4-8-17-10/h1-3,5-6,10-11H,4,7-8,14H2. The fourth-order valence-corrected chi connectivity index (χ4v) is 4.46. The molecular formula is C13H15N3S2. The molecule has 2 N–H and O–H groups in total. The number of hydrogen-bond acceptors (Lipinski definition) is 5. The van der Waals surface area contributed by atoms with Gasteiger partial charge >= 0.3 is 0 Å². The van der Waals surface area contributed by atoms with Gasteiger partial charge in [0.2, 0.25) is 0 Å². The summed E-state index contributed by atoms with van der Waals surface area (Å²) in [5, 5.41) is 11.2.